The second kappa shape index (κ2) is 6.63. The second-order valence-electron chi connectivity index (χ2n) is 6.35. The van der Waals surface area contributed by atoms with Crippen LogP contribution in [0.3, 0.4) is 0 Å². The molecular formula is C17H21ClN2O2. The Morgan fingerprint density at radius 1 is 1.14 bits per heavy atom. The van der Waals surface area contributed by atoms with Crippen LogP contribution in [0.2, 0.25) is 5.02 Å². The van der Waals surface area contributed by atoms with E-state index in [-0.39, 0.29) is 22.7 Å². The van der Waals surface area contributed by atoms with Crippen molar-refractivity contribution in [3.05, 3.63) is 62.5 Å². The van der Waals surface area contributed by atoms with Crippen molar-refractivity contribution in [1.29, 1.82) is 0 Å². The molecule has 0 amide bonds. The Bertz CT molecular complexity index is 700. The number of hydrogen-bond donors (Lipinski definition) is 1. The topological polar surface area (TPSA) is 55.1 Å². The van der Waals surface area contributed by atoms with Crippen LogP contribution in [0.5, 0.6) is 0 Å². The third-order valence-electron chi connectivity index (χ3n) is 3.52. The molecule has 0 spiro atoms. The maximum absolute atomic E-state index is 12.3. The van der Waals surface area contributed by atoms with Crippen molar-refractivity contribution in [2.45, 2.75) is 45.8 Å². The van der Waals surface area contributed by atoms with Crippen LogP contribution < -0.4 is 5.56 Å². The highest BCUT2D eigenvalue weighted by molar-refractivity contribution is 6.31. The average Bonchev–Trinajstić information content (AvgIpc) is 2.48. The molecule has 1 aromatic heterocycles. The zero-order chi connectivity index (χ0) is 16.3. The quantitative estimate of drug-likeness (QED) is 0.942. The molecule has 118 valence electrons. The summed E-state index contributed by atoms with van der Waals surface area (Å²) in [5.74, 6) is 0. The molecular weight excluding hydrogens is 300 g/mol. The highest BCUT2D eigenvalue weighted by Crippen LogP contribution is 2.16. The van der Waals surface area contributed by atoms with Gasteiger partial charge >= 0.3 is 0 Å². The summed E-state index contributed by atoms with van der Waals surface area (Å²) in [5.41, 5.74) is 2.14. The van der Waals surface area contributed by atoms with Gasteiger partial charge in [0.1, 0.15) is 5.02 Å². The van der Waals surface area contributed by atoms with Crippen LogP contribution in [-0.2, 0) is 25.0 Å². The van der Waals surface area contributed by atoms with Gasteiger partial charge in [-0.2, -0.15) is 5.10 Å². The molecule has 0 saturated carbocycles. The molecule has 1 heterocycles. The van der Waals surface area contributed by atoms with Crippen molar-refractivity contribution in [2.24, 2.45) is 0 Å². The van der Waals surface area contributed by atoms with Gasteiger partial charge in [-0.25, -0.2) is 4.68 Å². The van der Waals surface area contributed by atoms with Crippen molar-refractivity contribution < 1.29 is 5.11 Å². The monoisotopic (exact) mass is 320 g/mol. The first-order valence-electron chi connectivity index (χ1n) is 7.29. The fourth-order valence-corrected chi connectivity index (χ4v) is 2.43. The van der Waals surface area contributed by atoms with Gasteiger partial charge < -0.3 is 5.11 Å². The summed E-state index contributed by atoms with van der Waals surface area (Å²) in [4.78, 5) is 12.3. The Balaban J connectivity index is 2.16. The Hall–Kier alpha value is -1.65. The first kappa shape index (κ1) is 16.7. The zero-order valence-electron chi connectivity index (χ0n) is 13.1. The van der Waals surface area contributed by atoms with Gasteiger partial charge in [0.05, 0.1) is 18.3 Å². The normalized spacial score (nSPS) is 11.7. The lowest BCUT2D eigenvalue weighted by Crippen LogP contribution is -2.36. The largest absolute Gasteiger partial charge is 0.392 e. The molecule has 1 aromatic carbocycles. The molecule has 2 rings (SSSR count). The molecule has 5 heteroatoms. The molecule has 2 aromatic rings. The third-order valence-corrected chi connectivity index (χ3v) is 3.92. The molecule has 22 heavy (non-hydrogen) atoms. The fraction of sp³-hybridized carbons (Fsp3) is 0.412. The standard InChI is InChI=1S/C17H21ClN2O2/c1-17(2,3)20-16(22)15(18)14(10-19-20)9-8-12-4-6-13(11-21)7-5-12/h4-7,10,21H,8-9,11H2,1-3H3. The van der Waals surface area contributed by atoms with E-state index in [0.717, 1.165) is 23.1 Å². The number of hydrogen-bond acceptors (Lipinski definition) is 3. The summed E-state index contributed by atoms with van der Waals surface area (Å²) < 4.78 is 1.41. The third kappa shape index (κ3) is 3.76. The average molecular weight is 321 g/mol. The highest BCUT2D eigenvalue weighted by Gasteiger charge is 2.19. The molecule has 0 saturated heterocycles. The van der Waals surface area contributed by atoms with E-state index < -0.39 is 0 Å². The summed E-state index contributed by atoms with van der Waals surface area (Å²) in [5, 5.41) is 13.5. The van der Waals surface area contributed by atoms with E-state index in [4.69, 9.17) is 16.7 Å². The molecule has 0 bridgehead atoms. The summed E-state index contributed by atoms with van der Waals surface area (Å²) in [6.45, 7) is 5.79. The number of aliphatic hydroxyl groups is 1. The van der Waals surface area contributed by atoms with Crippen LogP contribution in [0, 0.1) is 0 Å². The minimum absolute atomic E-state index is 0.0427. The van der Waals surface area contributed by atoms with Crippen LogP contribution in [0.4, 0.5) is 0 Å². The molecule has 0 atom stereocenters. The van der Waals surface area contributed by atoms with Crippen LogP contribution in [0.25, 0.3) is 0 Å². The number of aryl methyl sites for hydroxylation is 2. The highest BCUT2D eigenvalue weighted by atomic mass is 35.5. The summed E-state index contributed by atoms with van der Waals surface area (Å²) >= 11 is 6.21. The molecule has 4 nitrogen and oxygen atoms in total. The smallest absolute Gasteiger partial charge is 0.286 e. The Kier molecular flexibility index (Phi) is 5.04. The second-order valence-corrected chi connectivity index (χ2v) is 6.72. The van der Waals surface area contributed by atoms with Crippen molar-refractivity contribution in [2.75, 3.05) is 0 Å². The Morgan fingerprint density at radius 3 is 2.27 bits per heavy atom. The molecule has 0 unspecified atom stereocenters. The van der Waals surface area contributed by atoms with Crippen LogP contribution >= 0.6 is 11.6 Å². The van der Waals surface area contributed by atoms with E-state index in [9.17, 15) is 4.79 Å². The fourth-order valence-electron chi connectivity index (χ4n) is 2.21. The first-order chi connectivity index (χ1) is 10.3. The van der Waals surface area contributed by atoms with Crippen LogP contribution in [0.15, 0.2) is 35.3 Å². The van der Waals surface area contributed by atoms with Gasteiger partial charge in [0.25, 0.3) is 5.56 Å². The Labute approximate surface area is 135 Å². The van der Waals surface area contributed by atoms with Crippen molar-refractivity contribution in [1.82, 2.24) is 9.78 Å². The molecule has 0 fully saturated rings. The van der Waals surface area contributed by atoms with Gasteiger partial charge in [0.15, 0.2) is 0 Å². The molecule has 0 aliphatic carbocycles. The van der Waals surface area contributed by atoms with Gasteiger partial charge in [-0.05, 0) is 50.3 Å². The van der Waals surface area contributed by atoms with Crippen molar-refractivity contribution >= 4 is 11.6 Å². The van der Waals surface area contributed by atoms with E-state index in [1.54, 1.807) is 6.20 Å². The molecule has 0 aliphatic rings. The lowest BCUT2D eigenvalue weighted by Gasteiger charge is -2.21. The number of halogens is 1. The van der Waals surface area contributed by atoms with Gasteiger partial charge in [-0.3, -0.25) is 4.79 Å². The van der Waals surface area contributed by atoms with Crippen LogP contribution in [0.1, 0.15) is 37.5 Å². The van der Waals surface area contributed by atoms with Crippen molar-refractivity contribution in [3.63, 3.8) is 0 Å². The first-order valence-corrected chi connectivity index (χ1v) is 7.66. The summed E-state index contributed by atoms with van der Waals surface area (Å²) in [6.07, 6.45) is 3.10. The molecule has 1 N–H and O–H groups in total. The number of rotatable bonds is 4. The van der Waals surface area contributed by atoms with E-state index >= 15 is 0 Å². The number of benzene rings is 1. The van der Waals surface area contributed by atoms with E-state index in [2.05, 4.69) is 5.10 Å². The Morgan fingerprint density at radius 2 is 1.73 bits per heavy atom. The summed E-state index contributed by atoms with van der Waals surface area (Å²) in [7, 11) is 0. The van der Waals surface area contributed by atoms with Crippen molar-refractivity contribution in [3.8, 4) is 0 Å². The number of nitrogens with zero attached hydrogens (tertiary/aromatic N) is 2. The van der Waals surface area contributed by atoms with E-state index in [1.807, 2.05) is 45.0 Å². The number of aliphatic hydroxyl groups excluding tert-OH is 1. The number of aromatic nitrogens is 2. The zero-order valence-corrected chi connectivity index (χ0v) is 13.9. The SMILES string of the molecule is CC(C)(C)n1ncc(CCc2ccc(CO)cc2)c(Cl)c1=O. The van der Waals surface area contributed by atoms with Gasteiger partial charge in [-0.1, -0.05) is 35.9 Å². The van der Waals surface area contributed by atoms with E-state index in [0.29, 0.717) is 6.42 Å². The van der Waals surface area contributed by atoms with Crippen LogP contribution in [-0.4, -0.2) is 14.9 Å². The predicted molar refractivity (Wildman–Crippen MR) is 88.3 cm³/mol. The summed E-state index contributed by atoms with van der Waals surface area (Å²) in [6, 6.07) is 7.74. The lowest BCUT2D eigenvalue weighted by molar-refractivity contribution is 0.282. The van der Waals surface area contributed by atoms with Gasteiger partial charge in [0.2, 0.25) is 0 Å². The lowest BCUT2D eigenvalue weighted by atomic mass is 10.0. The maximum Gasteiger partial charge on any atom is 0.286 e. The predicted octanol–water partition coefficient (Wildman–Crippen LogP) is 2.93. The van der Waals surface area contributed by atoms with E-state index in [1.165, 1.54) is 4.68 Å². The minimum atomic E-state index is -0.390. The maximum atomic E-state index is 12.3. The molecule has 0 aliphatic heterocycles. The van der Waals surface area contributed by atoms with Gasteiger partial charge in [-0.15, -0.1) is 0 Å². The van der Waals surface area contributed by atoms with Gasteiger partial charge in [0, 0.05) is 0 Å². The molecule has 0 radical (unpaired) electrons. The minimum Gasteiger partial charge on any atom is -0.392 e.